The van der Waals surface area contributed by atoms with Crippen molar-refractivity contribution < 1.29 is 14.7 Å². The summed E-state index contributed by atoms with van der Waals surface area (Å²) in [7, 11) is 0. The van der Waals surface area contributed by atoms with Crippen LogP contribution in [0.1, 0.15) is 16.8 Å². The Morgan fingerprint density at radius 2 is 1.93 bits per heavy atom. The van der Waals surface area contributed by atoms with E-state index in [2.05, 4.69) is 0 Å². The number of anilines is 1. The van der Waals surface area contributed by atoms with E-state index in [0.717, 1.165) is 0 Å². The van der Waals surface area contributed by atoms with Crippen LogP contribution < -0.4 is 11.5 Å². The van der Waals surface area contributed by atoms with E-state index in [4.69, 9.17) is 16.6 Å². The fourth-order valence-electron chi connectivity index (χ4n) is 1.15. The van der Waals surface area contributed by atoms with Gasteiger partial charge in [-0.15, -0.1) is 0 Å². The molecule has 0 bridgehead atoms. The number of carboxylic acid groups (broad SMARTS) is 1. The summed E-state index contributed by atoms with van der Waals surface area (Å²) in [4.78, 5) is 22.0. The topological polar surface area (TPSA) is 106 Å². The molecule has 0 saturated heterocycles. The molecule has 0 radical (unpaired) electrons. The Kier molecular flexibility index (Phi) is 3.41. The van der Waals surface area contributed by atoms with E-state index in [0.29, 0.717) is 11.3 Å². The Morgan fingerprint density at radius 1 is 1.33 bits per heavy atom. The number of hydrogen-bond acceptors (Lipinski definition) is 4. The van der Waals surface area contributed by atoms with Gasteiger partial charge in [-0.05, 0) is 12.1 Å². The van der Waals surface area contributed by atoms with E-state index in [1.807, 2.05) is 0 Å². The van der Waals surface area contributed by atoms with E-state index in [1.165, 1.54) is 0 Å². The fraction of sp³-hybridized carbons (Fsp3) is 0.200. The summed E-state index contributed by atoms with van der Waals surface area (Å²) in [6.07, 6.45) is -0.246. The zero-order valence-electron chi connectivity index (χ0n) is 8.01. The first-order valence-corrected chi connectivity index (χ1v) is 4.38. The second kappa shape index (κ2) is 4.56. The number of ketones is 1. The second-order valence-electron chi connectivity index (χ2n) is 3.16. The molecule has 1 atom stereocenters. The highest BCUT2D eigenvalue weighted by Crippen LogP contribution is 2.13. The number of rotatable bonds is 4. The molecule has 0 saturated carbocycles. The minimum atomic E-state index is -1.20. The minimum Gasteiger partial charge on any atom is -0.480 e. The number of para-hydroxylation sites is 1. The quantitative estimate of drug-likeness (QED) is 0.381. The highest BCUT2D eigenvalue weighted by Gasteiger charge is 2.18. The van der Waals surface area contributed by atoms with Gasteiger partial charge in [0.15, 0.2) is 5.78 Å². The van der Waals surface area contributed by atoms with E-state index in [-0.39, 0.29) is 12.2 Å². The molecule has 0 aliphatic rings. The lowest BCUT2D eigenvalue weighted by molar-refractivity contribution is -0.138. The molecule has 1 rings (SSSR count). The van der Waals surface area contributed by atoms with Crippen molar-refractivity contribution in [3.63, 3.8) is 0 Å². The first kappa shape index (κ1) is 11.2. The standard InChI is InChI=1S/C10H12N2O3/c11-7-4-2-1-3-6(7)9(13)5-8(12)10(14)15/h1-4,8H,5,11-12H2,(H,14,15)/t8-/m0/s1/i1+1,2+1,3+1,4+1,5+1,6+1,7+1,8+1,9+1,10+1. The van der Waals surface area contributed by atoms with Crippen molar-refractivity contribution in [2.45, 2.75) is 12.5 Å². The molecule has 0 heterocycles. The van der Waals surface area contributed by atoms with Gasteiger partial charge >= 0.3 is 5.97 Å². The number of carbonyl (C=O) groups excluding carboxylic acids is 1. The first-order chi connectivity index (χ1) is 7.02. The Labute approximate surface area is 86.7 Å². The molecule has 0 aliphatic heterocycles. The van der Waals surface area contributed by atoms with Crippen molar-refractivity contribution in [2.24, 2.45) is 5.73 Å². The summed E-state index contributed by atoms with van der Waals surface area (Å²) in [6.45, 7) is 0. The van der Waals surface area contributed by atoms with Gasteiger partial charge in [0.1, 0.15) is 6.04 Å². The monoisotopic (exact) mass is 218 g/mol. The third kappa shape index (κ3) is 2.78. The number of Topliss-reactive ketones (excluding diaryl/α,β-unsaturated/α-hetero) is 1. The van der Waals surface area contributed by atoms with Crippen LogP contribution in [0, 0.1) is 0 Å². The van der Waals surface area contributed by atoms with Crippen molar-refractivity contribution in [1.29, 1.82) is 0 Å². The lowest BCUT2D eigenvalue weighted by Crippen LogP contribution is -2.32. The van der Waals surface area contributed by atoms with Gasteiger partial charge in [0, 0.05) is 17.7 Å². The van der Waals surface area contributed by atoms with Crippen LogP contribution in [0.25, 0.3) is 0 Å². The molecular weight excluding hydrogens is 206 g/mol. The maximum absolute atomic E-state index is 11.6. The van der Waals surface area contributed by atoms with Crippen molar-refractivity contribution in [1.82, 2.24) is 0 Å². The number of nitrogen functional groups attached to an aromatic ring is 1. The number of carbonyl (C=O) groups is 2. The van der Waals surface area contributed by atoms with Crippen LogP contribution in [-0.2, 0) is 4.79 Å². The average Bonchev–Trinajstić information content (AvgIpc) is 2.18. The summed E-state index contributed by atoms with van der Waals surface area (Å²) in [5, 5.41) is 8.54. The van der Waals surface area contributed by atoms with Crippen LogP contribution in [0.5, 0.6) is 0 Å². The fourth-order valence-corrected chi connectivity index (χ4v) is 1.15. The van der Waals surface area contributed by atoms with Crippen LogP contribution in [0.2, 0.25) is 0 Å². The molecule has 5 nitrogen and oxygen atoms in total. The summed E-state index contributed by atoms with van der Waals surface area (Å²) < 4.78 is 0. The zero-order chi connectivity index (χ0) is 11.4. The lowest BCUT2D eigenvalue weighted by Gasteiger charge is -2.07. The Bertz CT molecular complexity index is 390. The molecule has 15 heavy (non-hydrogen) atoms. The van der Waals surface area contributed by atoms with Gasteiger partial charge in [0.2, 0.25) is 0 Å². The van der Waals surface area contributed by atoms with Gasteiger partial charge in [-0.1, -0.05) is 12.1 Å². The number of aliphatic carboxylic acids is 1. The van der Waals surface area contributed by atoms with E-state index in [9.17, 15) is 9.59 Å². The predicted octanol–water partition coefficient (Wildman–Crippen LogP) is 0.254. The number of hydrogen-bond donors (Lipinski definition) is 3. The van der Waals surface area contributed by atoms with Gasteiger partial charge in [-0.3, -0.25) is 9.59 Å². The number of benzene rings is 1. The van der Waals surface area contributed by atoms with Crippen LogP contribution in [0.4, 0.5) is 5.69 Å². The van der Waals surface area contributed by atoms with E-state index in [1.54, 1.807) is 24.3 Å². The minimum absolute atomic E-state index is 0.246. The molecule has 1 aromatic carbocycles. The van der Waals surface area contributed by atoms with Gasteiger partial charge in [-0.25, -0.2) is 0 Å². The summed E-state index contributed by atoms with van der Waals surface area (Å²) in [5.74, 6) is -1.55. The van der Waals surface area contributed by atoms with Crippen molar-refractivity contribution in [2.75, 3.05) is 5.73 Å². The normalized spacial score (nSPS) is 12.1. The summed E-state index contributed by atoms with van der Waals surface area (Å²) in [6, 6.07) is 5.31. The Balaban J connectivity index is 2.78. The molecular formula is C10H12N2O3. The first-order valence-electron chi connectivity index (χ1n) is 4.38. The number of carboxylic acids is 1. The van der Waals surface area contributed by atoms with Crippen LogP contribution in [0.3, 0.4) is 0 Å². The van der Waals surface area contributed by atoms with Crippen molar-refractivity contribution in [3.8, 4) is 0 Å². The van der Waals surface area contributed by atoms with Crippen LogP contribution >= 0.6 is 0 Å². The van der Waals surface area contributed by atoms with Gasteiger partial charge < -0.3 is 16.6 Å². The molecule has 1 aromatic rings. The van der Waals surface area contributed by atoms with E-state index >= 15 is 0 Å². The molecule has 0 amide bonds. The maximum atomic E-state index is 11.6. The average molecular weight is 218 g/mol. The lowest BCUT2D eigenvalue weighted by atomic mass is 11.0. The SMILES string of the molecule is N[13c]1[13cH][13cH][13cH][13cH][13c]1[13C](=O)[13CH2][13C@H](N)[13C](=O)O. The van der Waals surface area contributed by atoms with Crippen molar-refractivity contribution >= 4 is 17.4 Å². The van der Waals surface area contributed by atoms with Crippen molar-refractivity contribution in [3.05, 3.63) is 29.8 Å². The third-order valence-corrected chi connectivity index (χ3v) is 1.98. The third-order valence-electron chi connectivity index (χ3n) is 1.98. The van der Waals surface area contributed by atoms with Crippen LogP contribution in [0.15, 0.2) is 24.3 Å². The molecule has 0 aromatic heterocycles. The predicted molar refractivity (Wildman–Crippen MR) is 55.4 cm³/mol. The van der Waals surface area contributed by atoms with Gasteiger partial charge in [0.25, 0.3) is 0 Å². The van der Waals surface area contributed by atoms with Gasteiger partial charge in [-0.2, -0.15) is 0 Å². The largest absolute Gasteiger partial charge is 0.480 e. The Hall–Kier alpha value is -1.88. The smallest absolute Gasteiger partial charge is 0.320 e. The Morgan fingerprint density at radius 3 is 2.47 bits per heavy atom. The molecule has 5 heteroatoms. The molecule has 0 aliphatic carbocycles. The summed E-state index contributed by atoms with van der Waals surface area (Å²) >= 11 is 0. The molecule has 5 N–H and O–H groups in total. The van der Waals surface area contributed by atoms with E-state index < -0.39 is 12.0 Å². The van der Waals surface area contributed by atoms with Crippen LogP contribution in [-0.4, -0.2) is 22.9 Å². The highest BCUT2D eigenvalue weighted by atomic mass is 16.5. The number of nitrogens with two attached hydrogens (primary N) is 2. The summed E-state index contributed by atoms with van der Waals surface area (Å²) in [5.41, 5.74) is 11.5. The maximum Gasteiger partial charge on any atom is 0.320 e. The zero-order valence-corrected chi connectivity index (χ0v) is 8.01. The molecule has 0 fully saturated rings. The highest BCUT2D eigenvalue weighted by molar-refractivity contribution is 6.02. The van der Waals surface area contributed by atoms with Gasteiger partial charge in [0.05, 0.1) is 0 Å². The molecule has 0 unspecified atom stereocenters. The second-order valence-corrected chi connectivity index (χ2v) is 3.16. The molecule has 80 valence electrons. The molecule has 0 spiro atoms.